The Morgan fingerprint density at radius 1 is 1.53 bits per heavy atom. The normalized spacial score (nSPS) is 21.4. The number of carbonyl (C=O) groups excluding carboxylic acids is 1. The van der Waals surface area contributed by atoms with E-state index < -0.39 is 12.4 Å². The lowest BCUT2D eigenvalue weighted by molar-refractivity contribution is -0.146. The molecule has 0 bridgehead atoms. The third-order valence-corrected chi connectivity index (χ3v) is 2.44. The molecule has 5 nitrogen and oxygen atoms in total. The molecule has 0 aliphatic carbocycles. The number of nitrogens with zero attached hydrogens (tertiary/aromatic N) is 1. The van der Waals surface area contributed by atoms with Crippen molar-refractivity contribution in [2.24, 2.45) is 0 Å². The van der Waals surface area contributed by atoms with Crippen LogP contribution >= 0.6 is 0 Å². The first-order valence-electron chi connectivity index (χ1n) is 5.24. The van der Waals surface area contributed by atoms with Crippen LogP contribution in [0.5, 0.6) is 0 Å². The maximum Gasteiger partial charge on any atom is 0.312 e. The van der Waals surface area contributed by atoms with Crippen LogP contribution in [-0.4, -0.2) is 47.7 Å². The summed E-state index contributed by atoms with van der Waals surface area (Å²) < 4.78 is 5.43. The predicted octanol–water partition coefficient (Wildman–Crippen LogP) is 0.489. The van der Waals surface area contributed by atoms with E-state index in [2.05, 4.69) is 0 Å². The fourth-order valence-corrected chi connectivity index (χ4v) is 1.78. The first-order valence-corrected chi connectivity index (χ1v) is 5.24. The molecule has 1 unspecified atom stereocenters. The van der Waals surface area contributed by atoms with E-state index in [1.54, 1.807) is 4.90 Å². The maximum absolute atomic E-state index is 11.4. The number of rotatable bonds is 4. The average Bonchev–Trinajstić information content (AvgIpc) is 2.17. The van der Waals surface area contributed by atoms with Gasteiger partial charge in [-0.25, -0.2) is 0 Å². The second-order valence-electron chi connectivity index (χ2n) is 3.63. The zero-order valence-electron chi connectivity index (χ0n) is 8.94. The third kappa shape index (κ3) is 3.87. The van der Waals surface area contributed by atoms with Crippen LogP contribution in [0.3, 0.4) is 0 Å². The molecular weight excluding hydrogens is 198 g/mol. The summed E-state index contributed by atoms with van der Waals surface area (Å²) >= 11 is 0. The SMILES string of the molecule is CCOC1CCCN(C(=O)CC(=O)O)C1. The van der Waals surface area contributed by atoms with E-state index in [1.807, 2.05) is 6.92 Å². The summed E-state index contributed by atoms with van der Waals surface area (Å²) in [6.45, 7) is 3.72. The molecule has 1 rings (SSSR count). The number of carboxylic acids is 1. The number of carboxylic acid groups (broad SMARTS) is 1. The van der Waals surface area contributed by atoms with Gasteiger partial charge in [0.15, 0.2) is 0 Å². The zero-order chi connectivity index (χ0) is 11.3. The van der Waals surface area contributed by atoms with Crippen LogP contribution in [0.2, 0.25) is 0 Å². The van der Waals surface area contributed by atoms with Gasteiger partial charge >= 0.3 is 5.97 Å². The van der Waals surface area contributed by atoms with Crippen LogP contribution in [0.4, 0.5) is 0 Å². The van der Waals surface area contributed by atoms with E-state index >= 15 is 0 Å². The Morgan fingerprint density at radius 2 is 2.27 bits per heavy atom. The number of piperidine rings is 1. The highest BCUT2D eigenvalue weighted by Gasteiger charge is 2.24. The molecule has 1 N–H and O–H groups in total. The second-order valence-corrected chi connectivity index (χ2v) is 3.63. The van der Waals surface area contributed by atoms with Crippen LogP contribution < -0.4 is 0 Å². The van der Waals surface area contributed by atoms with Crippen molar-refractivity contribution in [1.29, 1.82) is 0 Å². The van der Waals surface area contributed by atoms with Gasteiger partial charge in [0.2, 0.25) is 5.91 Å². The molecule has 1 amide bonds. The average molecular weight is 215 g/mol. The van der Waals surface area contributed by atoms with Gasteiger partial charge < -0.3 is 14.7 Å². The van der Waals surface area contributed by atoms with Gasteiger partial charge in [0.1, 0.15) is 6.42 Å². The van der Waals surface area contributed by atoms with Crippen molar-refractivity contribution in [3.8, 4) is 0 Å². The molecule has 0 aromatic rings. The number of hydrogen-bond donors (Lipinski definition) is 1. The van der Waals surface area contributed by atoms with Crippen LogP contribution in [0.1, 0.15) is 26.2 Å². The van der Waals surface area contributed by atoms with Gasteiger partial charge in [0.05, 0.1) is 6.10 Å². The molecule has 0 aromatic heterocycles. The zero-order valence-corrected chi connectivity index (χ0v) is 8.94. The number of amides is 1. The van der Waals surface area contributed by atoms with Crippen molar-refractivity contribution in [2.45, 2.75) is 32.3 Å². The van der Waals surface area contributed by atoms with E-state index in [9.17, 15) is 9.59 Å². The molecule has 1 saturated heterocycles. The van der Waals surface area contributed by atoms with Crippen molar-refractivity contribution < 1.29 is 19.4 Å². The molecule has 0 aromatic carbocycles. The van der Waals surface area contributed by atoms with Gasteiger partial charge in [-0.15, -0.1) is 0 Å². The first-order chi connectivity index (χ1) is 7.13. The summed E-state index contributed by atoms with van der Waals surface area (Å²) in [4.78, 5) is 23.4. The van der Waals surface area contributed by atoms with E-state index in [1.165, 1.54) is 0 Å². The van der Waals surface area contributed by atoms with E-state index in [-0.39, 0.29) is 12.0 Å². The molecule has 0 saturated carbocycles. The van der Waals surface area contributed by atoms with Crippen molar-refractivity contribution in [3.05, 3.63) is 0 Å². The highest BCUT2D eigenvalue weighted by molar-refractivity contribution is 5.93. The van der Waals surface area contributed by atoms with Crippen LogP contribution in [0, 0.1) is 0 Å². The summed E-state index contributed by atoms with van der Waals surface area (Å²) in [5.74, 6) is -1.38. The molecule has 1 atom stereocenters. The van der Waals surface area contributed by atoms with Gasteiger partial charge in [-0.3, -0.25) is 9.59 Å². The number of hydrogen-bond acceptors (Lipinski definition) is 3. The number of aliphatic carboxylic acids is 1. The molecule has 0 spiro atoms. The molecule has 1 aliphatic heterocycles. The monoisotopic (exact) mass is 215 g/mol. The van der Waals surface area contributed by atoms with Gasteiger partial charge in [-0.1, -0.05) is 0 Å². The van der Waals surface area contributed by atoms with Gasteiger partial charge in [-0.2, -0.15) is 0 Å². The van der Waals surface area contributed by atoms with E-state index in [4.69, 9.17) is 9.84 Å². The van der Waals surface area contributed by atoms with Crippen LogP contribution in [-0.2, 0) is 14.3 Å². The van der Waals surface area contributed by atoms with Crippen LogP contribution in [0.15, 0.2) is 0 Å². The smallest absolute Gasteiger partial charge is 0.312 e. The minimum absolute atomic E-state index is 0.0708. The fourth-order valence-electron chi connectivity index (χ4n) is 1.78. The summed E-state index contributed by atoms with van der Waals surface area (Å²) in [5, 5.41) is 8.51. The summed E-state index contributed by atoms with van der Waals surface area (Å²) in [5.41, 5.74) is 0. The van der Waals surface area contributed by atoms with Gasteiger partial charge in [-0.05, 0) is 19.8 Å². The molecule has 1 heterocycles. The lowest BCUT2D eigenvalue weighted by Gasteiger charge is -2.32. The van der Waals surface area contributed by atoms with E-state index in [0.717, 1.165) is 12.8 Å². The van der Waals surface area contributed by atoms with E-state index in [0.29, 0.717) is 19.7 Å². The maximum atomic E-state index is 11.4. The molecule has 15 heavy (non-hydrogen) atoms. The molecule has 1 aliphatic rings. The minimum atomic E-state index is -1.07. The third-order valence-electron chi connectivity index (χ3n) is 2.44. The second kappa shape index (κ2) is 5.70. The molecule has 5 heteroatoms. The lowest BCUT2D eigenvalue weighted by atomic mass is 10.1. The van der Waals surface area contributed by atoms with Gasteiger partial charge in [0, 0.05) is 19.7 Å². The lowest BCUT2D eigenvalue weighted by Crippen LogP contribution is -2.43. The van der Waals surface area contributed by atoms with Crippen molar-refractivity contribution >= 4 is 11.9 Å². The fraction of sp³-hybridized carbons (Fsp3) is 0.800. The highest BCUT2D eigenvalue weighted by Crippen LogP contribution is 2.13. The molecule has 86 valence electrons. The summed E-state index contributed by atoms with van der Waals surface area (Å²) in [6, 6.07) is 0. The minimum Gasteiger partial charge on any atom is -0.481 e. The van der Waals surface area contributed by atoms with Crippen molar-refractivity contribution in [1.82, 2.24) is 4.90 Å². The van der Waals surface area contributed by atoms with Crippen molar-refractivity contribution in [3.63, 3.8) is 0 Å². The number of carbonyl (C=O) groups is 2. The Bertz CT molecular complexity index is 240. The quantitative estimate of drug-likeness (QED) is 0.693. The number of likely N-dealkylation sites (tertiary alicyclic amines) is 1. The van der Waals surface area contributed by atoms with Gasteiger partial charge in [0.25, 0.3) is 0 Å². The molecule has 0 radical (unpaired) electrons. The molecular formula is C10H17NO4. The first kappa shape index (κ1) is 12.0. The topological polar surface area (TPSA) is 66.8 Å². The Kier molecular flexibility index (Phi) is 4.55. The Hall–Kier alpha value is -1.10. The number of ether oxygens (including phenoxy) is 1. The summed E-state index contributed by atoms with van der Waals surface area (Å²) in [7, 11) is 0. The predicted molar refractivity (Wildman–Crippen MR) is 53.5 cm³/mol. The Morgan fingerprint density at radius 3 is 2.87 bits per heavy atom. The highest BCUT2D eigenvalue weighted by atomic mass is 16.5. The van der Waals surface area contributed by atoms with Crippen molar-refractivity contribution in [2.75, 3.05) is 19.7 Å². The standard InChI is InChI=1S/C10H17NO4/c1-2-15-8-4-3-5-11(7-8)9(12)6-10(13)14/h8H,2-7H2,1H3,(H,13,14). The van der Waals surface area contributed by atoms with Crippen LogP contribution in [0.25, 0.3) is 0 Å². The Labute approximate surface area is 89.0 Å². The Balaban J connectivity index is 2.41. The summed E-state index contributed by atoms with van der Waals surface area (Å²) in [6.07, 6.45) is 1.49. The largest absolute Gasteiger partial charge is 0.481 e. The molecule has 1 fully saturated rings.